The Kier molecular flexibility index (Phi) is 10.1. The highest BCUT2D eigenvalue weighted by Crippen LogP contribution is 2.26. The topological polar surface area (TPSA) is 60.0 Å². The molecule has 2 heterocycles. The minimum absolute atomic E-state index is 0. The van der Waals surface area contributed by atoms with E-state index >= 15 is 0 Å². The number of hydrogen-bond acceptors (Lipinski definition) is 3. The van der Waals surface area contributed by atoms with Gasteiger partial charge in [-0.25, -0.2) is 0 Å². The van der Waals surface area contributed by atoms with Gasteiger partial charge in [0.1, 0.15) is 0 Å². The molecule has 0 aromatic heterocycles. The van der Waals surface area contributed by atoms with E-state index in [1.165, 1.54) is 30.4 Å². The van der Waals surface area contributed by atoms with Gasteiger partial charge in [-0.15, -0.1) is 24.0 Å². The predicted molar refractivity (Wildman–Crippen MR) is 142 cm³/mol. The van der Waals surface area contributed by atoms with Gasteiger partial charge < -0.3 is 15.5 Å². The Labute approximate surface area is 210 Å². The van der Waals surface area contributed by atoms with Crippen LogP contribution in [0.3, 0.4) is 0 Å². The Hall–Kier alpha value is -1.35. The van der Waals surface area contributed by atoms with Crippen LogP contribution in [0.1, 0.15) is 56.1 Å². The molecule has 1 aromatic carbocycles. The summed E-state index contributed by atoms with van der Waals surface area (Å²) in [6, 6.07) is 9.11. The summed E-state index contributed by atoms with van der Waals surface area (Å²) in [5.74, 6) is 1.52. The molecule has 2 fully saturated rings. The number of amides is 1. The number of guanidine groups is 1. The maximum Gasteiger partial charge on any atom is 0.225 e. The molecule has 6 nitrogen and oxygen atoms in total. The van der Waals surface area contributed by atoms with Gasteiger partial charge in [-0.05, 0) is 43.2 Å². The highest BCUT2D eigenvalue weighted by Gasteiger charge is 2.31. The number of nitrogens with zero attached hydrogens (tertiary/aromatic N) is 3. The molecule has 1 aromatic rings. The molecule has 1 saturated carbocycles. The van der Waals surface area contributed by atoms with Crippen LogP contribution < -0.4 is 10.6 Å². The minimum Gasteiger partial charge on any atom is -0.356 e. The molecule has 1 amide bonds. The molecule has 2 aliphatic heterocycles. The zero-order valence-corrected chi connectivity index (χ0v) is 21.9. The Morgan fingerprint density at radius 1 is 1.09 bits per heavy atom. The van der Waals surface area contributed by atoms with E-state index < -0.39 is 0 Å². The van der Waals surface area contributed by atoms with Gasteiger partial charge in [0, 0.05) is 58.3 Å². The fraction of sp³-hybridized carbons (Fsp3) is 0.680. The first-order valence-corrected chi connectivity index (χ1v) is 12.3. The quantitative estimate of drug-likeness (QED) is 0.246. The average molecular weight is 554 g/mol. The van der Waals surface area contributed by atoms with Gasteiger partial charge in [0.25, 0.3) is 0 Å². The molecule has 0 bridgehead atoms. The molecule has 1 atom stereocenters. The lowest BCUT2D eigenvalue weighted by atomic mass is 9.88. The van der Waals surface area contributed by atoms with E-state index in [9.17, 15) is 4.79 Å². The molecule has 0 spiro atoms. The van der Waals surface area contributed by atoms with Crippen molar-refractivity contribution >= 4 is 35.8 Å². The minimum atomic E-state index is 0. The molecular weight excluding hydrogens is 513 g/mol. The van der Waals surface area contributed by atoms with Crippen LogP contribution in [-0.4, -0.2) is 67.5 Å². The zero-order chi connectivity index (χ0) is 21.5. The van der Waals surface area contributed by atoms with Crippen molar-refractivity contribution in [3.8, 4) is 0 Å². The largest absolute Gasteiger partial charge is 0.356 e. The fourth-order valence-corrected chi connectivity index (χ4v) is 5.33. The van der Waals surface area contributed by atoms with Crippen molar-refractivity contribution in [1.82, 2.24) is 20.4 Å². The maximum atomic E-state index is 12.8. The Balaban J connectivity index is 0.00000289. The SMILES string of the molecule is CN=C(NCCCN1CCc2ccccc2C1)NC1CCN(C(=O)C2CCCCC2)C1.I. The Morgan fingerprint density at radius 3 is 2.66 bits per heavy atom. The second-order valence-electron chi connectivity index (χ2n) is 9.40. The van der Waals surface area contributed by atoms with Crippen molar-refractivity contribution in [2.75, 3.05) is 39.8 Å². The number of hydrogen-bond donors (Lipinski definition) is 2. The molecule has 2 N–H and O–H groups in total. The van der Waals surface area contributed by atoms with Crippen LogP contribution in [0.15, 0.2) is 29.3 Å². The third-order valence-corrected chi connectivity index (χ3v) is 7.17. The van der Waals surface area contributed by atoms with Crippen molar-refractivity contribution < 1.29 is 4.79 Å². The summed E-state index contributed by atoms with van der Waals surface area (Å²) in [6.07, 6.45) is 9.15. The van der Waals surface area contributed by atoms with Crippen LogP contribution in [0.5, 0.6) is 0 Å². The number of carbonyl (C=O) groups is 1. The lowest BCUT2D eigenvalue weighted by Gasteiger charge is -2.28. The highest BCUT2D eigenvalue weighted by atomic mass is 127. The molecule has 3 aliphatic rings. The molecule has 178 valence electrons. The number of carbonyl (C=O) groups excluding carboxylic acids is 1. The lowest BCUT2D eigenvalue weighted by molar-refractivity contribution is -0.135. The number of nitrogens with one attached hydrogen (secondary N) is 2. The van der Waals surface area contributed by atoms with Crippen LogP contribution >= 0.6 is 24.0 Å². The fourth-order valence-electron chi connectivity index (χ4n) is 5.33. The van der Waals surface area contributed by atoms with Crippen molar-refractivity contribution in [2.45, 2.75) is 64.0 Å². The van der Waals surface area contributed by atoms with Crippen molar-refractivity contribution in [2.24, 2.45) is 10.9 Å². The van der Waals surface area contributed by atoms with E-state index in [0.29, 0.717) is 11.9 Å². The second-order valence-corrected chi connectivity index (χ2v) is 9.40. The standard InChI is InChI=1S/C25H39N5O.HI/c1-26-25(27-14-7-15-29-16-12-20-8-5-6-11-22(20)18-29)28-23-13-17-30(19-23)24(31)21-9-3-2-4-10-21;/h5-6,8,11,21,23H,2-4,7,9-10,12-19H2,1H3,(H2,26,27,28);1H. The summed E-state index contributed by atoms with van der Waals surface area (Å²) < 4.78 is 0. The van der Waals surface area contributed by atoms with Crippen molar-refractivity contribution in [3.63, 3.8) is 0 Å². The van der Waals surface area contributed by atoms with E-state index in [0.717, 1.165) is 77.3 Å². The number of rotatable bonds is 6. The van der Waals surface area contributed by atoms with E-state index in [1.807, 2.05) is 7.05 Å². The molecule has 4 rings (SSSR count). The van der Waals surface area contributed by atoms with Gasteiger partial charge in [0.05, 0.1) is 0 Å². The van der Waals surface area contributed by atoms with Gasteiger partial charge >= 0.3 is 0 Å². The first-order valence-electron chi connectivity index (χ1n) is 12.3. The number of fused-ring (bicyclic) bond motifs is 1. The smallest absolute Gasteiger partial charge is 0.225 e. The third-order valence-electron chi connectivity index (χ3n) is 7.17. The molecule has 1 aliphatic carbocycles. The maximum absolute atomic E-state index is 12.8. The first kappa shape index (κ1) is 25.3. The molecular formula is C25H40IN5O. The summed E-state index contributed by atoms with van der Waals surface area (Å²) >= 11 is 0. The van der Waals surface area contributed by atoms with Gasteiger partial charge in [0.15, 0.2) is 5.96 Å². The molecule has 32 heavy (non-hydrogen) atoms. The van der Waals surface area contributed by atoms with Gasteiger partial charge in [-0.1, -0.05) is 43.5 Å². The lowest BCUT2D eigenvalue weighted by Crippen LogP contribution is -2.46. The van der Waals surface area contributed by atoms with Crippen LogP contribution in [0, 0.1) is 5.92 Å². The summed E-state index contributed by atoms with van der Waals surface area (Å²) in [6.45, 7) is 5.91. The Morgan fingerprint density at radius 2 is 1.88 bits per heavy atom. The second kappa shape index (κ2) is 12.8. The number of benzene rings is 1. The van der Waals surface area contributed by atoms with Gasteiger partial charge in [-0.2, -0.15) is 0 Å². The van der Waals surface area contributed by atoms with Gasteiger partial charge in [0.2, 0.25) is 5.91 Å². The molecule has 7 heteroatoms. The summed E-state index contributed by atoms with van der Waals surface area (Å²) in [7, 11) is 1.83. The van der Waals surface area contributed by atoms with E-state index in [-0.39, 0.29) is 29.9 Å². The summed E-state index contributed by atoms with van der Waals surface area (Å²) in [5, 5.41) is 7.01. The molecule has 1 unspecified atom stereocenters. The van der Waals surface area contributed by atoms with Crippen LogP contribution in [0.4, 0.5) is 0 Å². The number of likely N-dealkylation sites (tertiary alicyclic amines) is 1. The Bertz CT molecular complexity index is 764. The van der Waals surface area contributed by atoms with E-state index in [4.69, 9.17) is 0 Å². The number of aliphatic imine (C=N–C) groups is 1. The zero-order valence-electron chi connectivity index (χ0n) is 19.5. The van der Waals surface area contributed by atoms with Crippen molar-refractivity contribution in [3.05, 3.63) is 35.4 Å². The average Bonchev–Trinajstić information content (AvgIpc) is 3.29. The molecule has 1 saturated heterocycles. The first-order chi connectivity index (χ1) is 15.2. The van der Waals surface area contributed by atoms with Gasteiger partial charge in [-0.3, -0.25) is 14.7 Å². The van der Waals surface area contributed by atoms with E-state index in [1.54, 1.807) is 0 Å². The monoisotopic (exact) mass is 553 g/mol. The van der Waals surface area contributed by atoms with Crippen LogP contribution in [0.25, 0.3) is 0 Å². The normalized spacial score (nSPS) is 22.2. The van der Waals surface area contributed by atoms with Crippen molar-refractivity contribution in [1.29, 1.82) is 0 Å². The van der Waals surface area contributed by atoms with Crippen LogP contribution in [0.2, 0.25) is 0 Å². The summed E-state index contributed by atoms with van der Waals surface area (Å²) in [4.78, 5) is 21.8. The van der Waals surface area contributed by atoms with Crippen LogP contribution in [-0.2, 0) is 17.8 Å². The third kappa shape index (κ3) is 6.83. The highest BCUT2D eigenvalue weighted by molar-refractivity contribution is 14.0. The van der Waals surface area contributed by atoms with E-state index in [2.05, 4.69) is 49.7 Å². The predicted octanol–water partition coefficient (Wildman–Crippen LogP) is 3.40. The number of halogens is 1. The summed E-state index contributed by atoms with van der Waals surface area (Å²) in [5.41, 5.74) is 2.99. The molecule has 0 radical (unpaired) electrons.